The van der Waals surface area contributed by atoms with Crippen LogP contribution in [0.1, 0.15) is 30.6 Å². The molecule has 1 atom stereocenters. The Hall–Kier alpha value is -3.16. The van der Waals surface area contributed by atoms with Gasteiger partial charge < -0.3 is 20.8 Å². The van der Waals surface area contributed by atoms with Gasteiger partial charge in [-0.25, -0.2) is 8.78 Å². The summed E-state index contributed by atoms with van der Waals surface area (Å²) in [5, 5.41) is 24.0. The fraction of sp³-hybridized carbons (Fsp3) is 0.263. The maximum atomic E-state index is 13.8. The lowest BCUT2D eigenvalue weighted by Gasteiger charge is -2.20. The number of carbonyl (C=O) groups is 2. The number of phenols is 2. The van der Waals surface area contributed by atoms with Crippen molar-refractivity contribution in [1.82, 2.24) is 5.32 Å². The predicted molar refractivity (Wildman–Crippen MR) is 95.5 cm³/mol. The summed E-state index contributed by atoms with van der Waals surface area (Å²) in [6, 6.07) is 5.05. The van der Waals surface area contributed by atoms with Gasteiger partial charge in [-0.05, 0) is 42.7 Å². The molecule has 2 aromatic rings. The molecule has 0 spiro atoms. The van der Waals surface area contributed by atoms with Crippen molar-refractivity contribution in [3.05, 3.63) is 53.6 Å². The maximum Gasteiger partial charge on any atom is 0.255 e. The third kappa shape index (κ3) is 5.40. The lowest BCUT2D eigenvalue weighted by Crippen LogP contribution is -2.44. The number of hydrogen-bond acceptors (Lipinski definition) is 4. The molecule has 0 saturated heterocycles. The Labute approximate surface area is 154 Å². The van der Waals surface area contributed by atoms with E-state index >= 15 is 0 Å². The summed E-state index contributed by atoms with van der Waals surface area (Å²) in [4.78, 5) is 24.9. The molecule has 8 heteroatoms. The van der Waals surface area contributed by atoms with E-state index in [1.165, 1.54) is 6.07 Å². The number of benzene rings is 2. The largest absolute Gasteiger partial charge is 0.508 e. The average molecular weight is 378 g/mol. The number of carbonyl (C=O) groups excluding carboxylic acids is 2. The number of rotatable bonds is 6. The maximum absolute atomic E-state index is 13.8. The molecule has 0 heterocycles. The van der Waals surface area contributed by atoms with Gasteiger partial charge >= 0.3 is 0 Å². The van der Waals surface area contributed by atoms with Crippen molar-refractivity contribution in [1.29, 1.82) is 0 Å². The third-order valence-electron chi connectivity index (χ3n) is 3.74. The van der Waals surface area contributed by atoms with E-state index < -0.39 is 40.8 Å². The smallest absolute Gasteiger partial charge is 0.255 e. The normalized spacial score (nSPS) is 11.9. The molecule has 0 aliphatic rings. The second-order valence-electron chi connectivity index (χ2n) is 6.47. The highest BCUT2D eigenvalue weighted by Crippen LogP contribution is 2.24. The number of hydrogen-bond donors (Lipinski definition) is 4. The van der Waals surface area contributed by atoms with Crippen molar-refractivity contribution in [2.45, 2.75) is 26.3 Å². The van der Waals surface area contributed by atoms with Gasteiger partial charge in [-0.2, -0.15) is 0 Å². The van der Waals surface area contributed by atoms with Crippen molar-refractivity contribution in [2.24, 2.45) is 5.92 Å². The second-order valence-corrected chi connectivity index (χ2v) is 6.47. The van der Waals surface area contributed by atoms with Gasteiger partial charge in [0.1, 0.15) is 29.2 Å². The number of nitrogens with one attached hydrogen (secondary N) is 2. The number of phenolic OH excluding ortho intramolecular Hbond substituents is 2. The number of amides is 2. The minimum Gasteiger partial charge on any atom is -0.508 e. The zero-order valence-electron chi connectivity index (χ0n) is 14.8. The molecule has 0 radical (unpaired) electrons. The van der Waals surface area contributed by atoms with Crippen LogP contribution in [0.15, 0.2) is 36.4 Å². The van der Waals surface area contributed by atoms with Crippen molar-refractivity contribution in [2.75, 3.05) is 5.32 Å². The first-order valence-corrected chi connectivity index (χ1v) is 8.26. The van der Waals surface area contributed by atoms with Crippen molar-refractivity contribution < 1.29 is 28.6 Å². The van der Waals surface area contributed by atoms with Gasteiger partial charge in [0.15, 0.2) is 0 Å². The summed E-state index contributed by atoms with van der Waals surface area (Å²) in [5.41, 5.74) is -0.422. The molecule has 2 amide bonds. The molecular weight excluding hydrogens is 358 g/mol. The topological polar surface area (TPSA) is 98.7 Å². The molecule has 0 unspecified atom stereocenters. The minimum absolute atomic E-state index is 0.0110. The Morgan fingerprint density at radius 2 is 1.78 bits per heavy atom. The number of halogens is 2. The van der Waals surface area contributed by atoms with Crippen LogP contribution in [0.3, 0.4) is 0 Å². The molecule has 144 valence electrons. The third-order valence-corrected chi connectivity index (χ3v) is 3.74. The molecule has 0 fully saturated rings. The number of anilines is 1. The van der Waals surface area contributed by atoms with Crippen LogP contribution >= 0.6 is 0 Å². The van der Waals surface area contributed by atoms with Gasteiger partial charge in [0.25, 0.3) is 5.91 Å². The Balaban J connectivity index is 2.19. The molecule has 0 aliphatic carbocycles. The highest BCUT2D eigenvalue weighted by atomic mass is 19.1. The van der Waals surface area contributed by atoms with Gasteiger partial charge in [-0.3, -0.25) is 9.59 Å². The van der Waals surface area contributed by atoms with E-state index in [1.807, 2.05) is 13.8 Å². The summed E-state index contributed by atoms with van der Waals surface area (Å²) < 4.78 is 26.9. The van der Waals surface area contributed by atoms with Gasteiger partial charge in [0, 0.05) is 6.07 Å². The predicted octanol–water partition coefficient (Wildman–Crippen LogP) is 3.16. The highest BCUT2D eigenvalue weighted by molar-refractivity contribution is 6.01. The van der Waals surface area contributed by atoms with Crippen LogP contribution in [0.4, 0.5) is 14.5 Å². The van der Waals surface area contributed by atoms with E-state index in [1.54, 1.807) is 0 Å². The van der Waals surface area contributed by atoms with Gasteiger partial charge in [0.2, 0.25) is 5.91 Å². The molecular formula is C19H20F2N2O4. The molecule has 2 rings (SSSR count). The standard InChI is InChI=1S/C19H20F2N2O4/c1-10(2)7-16(19(27)22-15-6-3-11(20)8-17(15)25)23-18(26)13-9-12(24)4-5-14(13)21/h3-6,8-10,16,24-25H,7H2,1-2H3,(H,22,27)(H,23,26)/t16-/m1/s1. The van der Waals surface area contributed by atoms with Gasteiger partial charge in [0.05, 0.1) is 11.3 Å². The Morgan fingerprint density at radius 1 is 1.07 bits per heavy atom. The first kappa shape index (κ1) is 20.2. The first-order valence-electron chi connectivity index (χ1n) is 8.26. The molecule has 27 heavy (non-hydrogen) atoms. The van der Waals surface area contributed by atoms with Crippen LogP contribution in [0, 0.1) is 17.6 Å². The van der Waals surface area contributed by atoms with E-state index in [2.05, 4.69) is 10.6 Å². The van der Waals surface area contributed by atoms with Crippen molar-refractivity contribution >= 4 is 17.5 Å². The van der Waals surface area contributed by atoms with Crippen LogP contribution in [0.2, 0.25) is 0 Å². The minimum atomic E-state index is -1.04. The van der Waals surface area contributed by atoms with Crippen LogP contribution in [-0.4, -0.2) is 28.1 Å². The average Bonchev–Trinajstić information content (AvgIpc) is 2.58. The quantitative estimate of drug-likeness (QED) is 0.580. The molecule has 0 aliphatic heterocycles. The zero-order chi connectivity index (χ0) is 20.1. The number of aromatic hydroxyl groups is 2. The van der Waals surface area contributed by atoms with Gasteiger partial charge in [-0.15, -0.1) is 0 Å². The molecule has 2 aromatic carbocycles. The van der Waals surface area contributed by atoms with Crippen molar-refractivity contribution in [3.8, 4) is 11.5 Å². The fourth-order valence-electron chi connectivity index (χ4n) is 2.46. The molecule has 0 aromatic heterocycles. The SMILES string of the molecule is CC(C)C[C@@H](NC(=O)c1cc(O)ccc1F)C(=O)Nc1ccc(F)cc1O. The van der Waals surface area contributed by atoms with Crippen LogP contribution < -0.4 is 10.6 Å². The highest BCUT2D eigenvalue weighted by Gasteiger charge is 2.25. The summed E-state index contributed by atoms with van der Waals surface area (Å²) in [6.45, 7) is 3.66. The molecule has 0 bridgehead atoms. The monoisotopic (exact) mass is 378 g/mol. The molecule has 6 nitrogen and oxygen atoms in total. The van der Waals surface area contributed by atoms with Crippen LogP contribution in [0.25, 0.3) is 0 Å². The summed E-state index contributed by atoms with van der Waals surface area (Å²) in [7, 11) is 0. The lowest BCUT2D eigenvalue weighted by molar-refractivity contribution is -0.118. The van der Waals surface area contributed by atoms with Gasteiger partial charge in [-0.1, -0.05) is 13.8 Å². The Morgan fingerprint density at radius 3 is 2.41 bits per heavy atom. The summed E-state index contributed by atoms with van der Waals surface area (Å²) in [5.74, 6) is -3.77. The van der Waals surface area contributed by atoms with E-state index in [9.17, 15) is 28.6 Å². The Bertz CT molecular complexity index is 856. The van der Waals surface area contributed by atoms with E-state index in [0.29, 0.717) is 0 Å². The molecule has 0 saturated carbocycles. The zero-order valence-corrected chi connectivity index (χ0v) is 14.8. The second kappa shape index (κ2) is 8.48. The lowest BCUT2D eigenvalue weighted by atomic mass is 10.0. The Kier molecular flexibility index (Phi) is 6.33. The fourth-order valence-corrected chi connectivity index (χ4v) is 2.46. The van der Waals surface area contributed by atoms with E-state index in [0.717, 1.165) is 30.3 Å². The summed E-state index contributed by atoms with van der Waals surface area (Å²) >= 11 is 0. The molecule has 4 N–H and O–H groups in total. The van der Waals surface area contributed by atoms with E-state index in [4.69, 9.17) is 0 Å². The first-order chi connectivity index (χ1) is 12.7. The van der Waals surface area contributed by atoms with Crippen molar-refractivity contribution in [3.63, 3.8) is 0 Å². The van der Waals surface area contributed by atoms with Crippen LogP contribution in [0.5, 0.6) is 11.5 Å². The van der Waals surface area contributed by atoms with E-state index in [-0.39, 0.29) is 23.8 Å². The summed E-state index contributed by atoms with van der Waals surface area (Å²) in [6.07, 6.45) is 0.236. The van der Waals surface area contributed by atoms with Crippen LogP contribution in [-0.2, 0) is 4.79 Å².